The van der Waals surface area contributed by atoms with Crippen molar-refractivity contribution in [2.24, 2.45) is 0 Å². The lowest BCUT2D eigenvalue weighted by Crippen LogP contribution is -2.23. The fourth-order valence-corrected chi connectivity index (χ4v) is 3.96. The zero-order chi connectivity index (χ0) is 19.6. The van der Waals surface area contributed by atoms with Gasteiger partial charge in [-0.15, -0.1) is 0 Å². The van der Waals surface area contributed by atoms with Gasteiger partial charge in [0.15, 0.2) is 0 Å². The molecule has 0 aromatic heterocycles. The Balaban J connectivity index is 2.45. The van der Waals surface area contributed by atoms with E-state index < -0.39 is 10.0 Å². The molecule has 0 bridgehead atoms. The predicted octanol–water partition coefficient (Wildman–Crippen LogP) is 4.27. The molecule has 2 aromatic rings. The third-order valence-corrected chi connectivity index (χ3v) is 6.41. The van der Waals surface area contributed by atoms with Gasteiger partial charge >= 0.3 is 0 Å². The molecule has 0 saturated heterocycles. The lowest BCUT2D eigenvalue weighted by atomic mass is 9.98. The summed E-state index contributed by atoms with van der Waals surface area (Å²) >= 11 is 6.04. The zero-order valence-corrected chi connectivity index (χ0v) is 17.1. The Morgan fingerprint density at radius 2 is 1.81 bits per heavy atom. The van der Waals surface area contributed by atoms with E-state index in [9.17, 15) is 13.2 Å². The lowest BCUT2D eigenvalue weighted by molar-refractivity contribution is 0.102. The summed E-state index contributed by atoms with van der Waals surface area (Å²) in [5, 5.41) is 2.99. The van der Waals surface area contributed by atoms with Crippen LogP contribution < -0.4 is 5.32 Å². The van der Waals surface area contributed by atoms with E-state index in [1.807, 2.05) is 25.1 Å². The molecule has 0 radical (unpaired) electrons. The van der Waals surface area contributed by atoms with E-state index in [4.69, 9.17) is 11.6 Å². The summed E-state index contributed by atoms with van der Waals surface area (Å²) in [7, 11) is -0.910. The first kappa shape index (κ1) is 20.4. The van der Waals surface area contributed by atoms with Crippen LogP contribution in [-0.4, -0.2) is 32.7 Å². The van der Waals surface area contributed by atoms with Crippen LogP contribution in [0.5, 0.6) is 0 Å². The normalized spacial score (nSPS) is 11.8. The zero-order valence-electron chi connectivity index (χ0n) is 15.5. The number of anilines is 1. The number of carbonyl (C=O) groups is 1. The van der Waals surface area contributed by atoms with Crippen LogP contribution in [0.15, 0.2) is 41.3 Å². The first-order valence-electron chi connectivity index (χ1n) is 8.18. The summed E-state index contributed by atoms with van der Waals surface area (Å²) in [6.45, 7) is 6.02. The molecule has 0 unspecified atom stereocenters. The van der Waals surface area contributed by atoms with E-state index in [-0.39, 0.29) is 27.3 Å². The maximum absolute atomic E-state index is 12.7. The van der Waals surface area contributed by atoms with Gasteiger partial charge in [0.2, 0.25) is 10.0 Å². The van der Waals surface area contributed by atoms with Gasteiger partial charge in [-0.2, -0.15) is 0 Å². The van der Waals surface area contributed by atoms with E-state index in [2.05, 4.69) is 19.2 Å². The van der Waals surface area contributed by atoms with Gasteiger partial charge in [-0.1, -0.05) is 43.6 Å². The fraction of sp³-hybridized carbons (Fsp3) is 0.316. The van der Waals surface area contributed by atoms with Gasteiger partial charge in [0.1, 0.15) is 4.90 Å². The molecule has 26 heavy (non-hydrogen) atoms. The second-order valence-corrected chi connectivity index (χ2v) is 9.11. The number of aryl methyl sites for hydroxylation is 1. The minimum absolute atomic E-state index is 0.0778. The number of sulfonamides is 1. The van der Waals surface area contributed by atoms with Crippen molar-refractivity contribution in [1.29, 1.82) is 0 Å². The van der Waals surface area contributed by atoms with Crippen molar-refractivity contribution in [3.8, 4) is 0 Å². The van der Waals surface area contributed by atoms with Crippen molar-refractivity contribution in [2.75, 3.05) is 19.4 Å². The van der Waals surface area contributed by atoms with E-state index in [0.29, 0.717) is 0 Å². The third kappa shape index (κ3) is 4.09. The van der Waals surface area contributed by atoms with Gasteiger partial charge in [0, 0.05) is 25.3 Å². The average Bonchev–Trinajstić information content (AvgIpc) is 2.56. The summed E-state index contributed by atoms with van der Waals surface area (Å²) in [6.07, 6.45) is 0. The van der Waals surface area contributed by atoms with Crippen LogP contribution in [0.1, 0.15) is 41.3 Å². The number of hydrogen-bond acceptors (Lipinski definition) is 3. The molecule has 1 N–H and O–H groups in total. The number of hydrogen-bond donors (Lipinski definition) is 1. The standard InChI is InChI=1S/C19H23ClN2O3S/c1-12(2)15-8-6-7-13(3)18(15)21-19(23)14-9-10-16(20)17(11-14)26(24,25)22(4)5/h6-12H,1-5H3,(H,21,23). The Hall–Kier alpha value is -1.89. The minimum Gasteiger partial charge on any atom is -0.321 e. The van der Waals surface area contributed by atoms with Gasteiger partial charge in [0.25, 0.3) is 5.91 Å². The highest BCUT2D eigenvalue weighted by molar-refractivity contribution is 7.89. The Morgan fingerprint density at radius 3 is 2.38 bits per heavy atom. The number of amides is 1. The Morgan fingerprint density at radius 1 is 1.15 bits per heavy atom. The maximum atomic E-state index is 12.7. The third-order valence-electron chi connectivity index (χ3n) is 4.12. The first-order valence-corrected chi connectivity index (χ1v) is 10.0. The summed E-state index contributed by atoms with van der Waals surface area (Å²) in [5.41, 5.74) is 2.94. The summed E-state index contributed by atoms with van der Waals surface area (Å²) in [6, 6.07) is 10.1. The van der Waals surface area contributed by atoms with Crippen molar-refractivity contribution in [3.63, 3.8) is 0 Å². The van der Waals surface area contributed by atoms with Crippen LogP contribution in [0.25, 0.3) is 0 Å². The lowest BCUT2D eigenvalue weighted by Gasteiger charge is -2.17. The molecule has 0 aliphatic heterocycles. The Bertz CT molecular complexity index is 938. The van der Waals surface area contributed by atoms with Gasteiger partial charge < -0.3 is 5.32 Å². The number of halogens is 1. The van der Waals surface area contributed by atoms with Crippen LogP contribution in [-0.2, 0) is 10.0 Å². The number of nitrogens with one attached hydrogen (secondary N) is 1. The second-order valence-electron chi connectivity index (χ2n) is 6.58. The quantitative estimate of drug-likeness (QED) is 0.823. The SMILES string of the molecule is Cc1cccc(C(C)C)c1NC(=O)c1ccc(Cl)c(S(=O)(=O)N(C)C)c1. The molecule has 2 rings (SSSR count). The number of benzene rings is 2. The van der Waals surface area contributed by atoms with E-state index >= 15 is 0 Å². The van der Waals surface area contributed by atoms with Crippen molar-refractivity contribution >= 4 is 33.2 Å². The number of para-hydroxylation sites is 1. The summed E-state index contributed by atoms with van der Waals surface area (Å²) < 4.78 is 25.9. The average molecular weight is 395 g/mol. The highest BCUT2D eigenvalue weighted by Crippen LogP contribution is 2.29. The molecule has 0 saturated carbocycles. The molecule has 0 spiro atoms. The first-order chi connectivity index (χ1) is 12.1. The van der Waals surface area contributed by atoms with Crippen molar-refractivity contribution in [2.45, 2.75) is 31.6 Å². The van der Waals surface area contributed by atoms with E-state index in [0.717, 1.165) is 21.1 Å². The van der Waals surface area contributed by atoms with Crippen LogP contribution in [0.4, 0.5) is 5.69 Å². The van der Waals surface area contributed by atoms with Gasteiger partial charge in [-0.05, 0) is 42.2 Å². The number of carbonyl (C=O) groups excluding carboxylic acids is 1. The molecule has 1 amide bonds. The molecule has 0 heterocycles. The van der Waals surface area contributed by atoms with Crippen LogP contribution >= 0.6 is 11.6 Å². The van der Waals surface area contributed by atoms with E-state index in [1.165, 1.54) is 32.3 Å². The molecule has 2 aromatic carbocycles. The molecular formula is C19H23ClN2O3S. The molecule has 7 heteroatoms. The highest BCUT2D eigenvalue weighted by atomic mass is 35.5. The molecular weight excluding hydrogens is 372 g/mol. The minimum atomic E-state index is -3.74. The van der Waals surface area contributed by atoms with Crippen molar-refractivity contribution < 1.29 is 13.2 Å². The fourth-order valence-electron chi connectivity index (χ4n) is 2.57. The van der Waals surface area contributed by atoms with E-state index in [1.54, 1.807) is 0 Å². The summed E-state index contributed by atoms with van der Waals surface area (Å²) in [5.74, 6) is -0.145. The van der Waals surface area contributed by atoms with Gasteiger partial charge in [-0.3, -0.25) is 4.79 Å². The van der Waals surface area contributed by atoms with Crippen molar-refractivity contribution in [1.82, 2.24) is 4.31 Å². The largest absolute Gasteiger partial charge is 0.321 e. The highest BCUT2D eigenvalue weighted by Gasteiger charge is 2.23. The van der Waals surface area contributed by atoms with Crippen LogP contribution in [0.2, 0.25) is 5.02 Å². The Labute approximate surface area is 160 Å². The van der Waals surface area contributed by atoms with Gasteiger partial charge in [0.05, 0.1) is 5.02 Å². The Kier molecular flexibility index (Phi) is 6.11. The number of nitrogens with zero attached hydrogens (tertiary/aromatic N) is 1. The van der Waals surface area contributed by atoms with Crippen LogP contribution in [0.3, 0.4) is 0 Å². The van der Waals surface area contributed by atoms with Crippen LogP contribution in [0, 0.1) is 6.92 Å². The molecule has 0 aliphatic rings. The predicted molar refractivity (Wildman–Crippen MR) is 106 cm³/mol. The molecule has 0 fully saturated rings. The van der Waals surface area contributed by atoms with Gasteiger partial charge in [-0.25, -0.2) is 12.7 Å². The smallest absolute Gasteiger partial charge is 0.255 e. The monoisotopic (exact) mass is 394 g/mol. The molecule has 140 valence electrons. The molecule has 5 nitrogen and oxygen atoms in total. The molecule has 0 aliphatic carbocycles. The topological polar surface area (TPSA) is 66.5 Å². The number of rotatable bonds is 5. The molecule has 0 atom stereocenters. The maximum Gasteiger partial charge on any atom is 0.255 e. The van der Waals surface area contributed by atoms with Crippen molar-refractivity contribution in [3.05, 3.63) is 58.1 Å². The second kappa shape index (κ2) is 7.78. The summed E-state index contributed by atoms with van der Waals surface area (Å²) in [4.78, 5) is 12.6.